The topological polar surface area (TPSA) is 82.8 Å². The first kappa shape index (κ1) is 17.4. The molecule has 3 N–H and O–H groups in total. The zero-order valence-corrected chi connectivity index (χ0v) is 14.1. The van der Waals surface area contributed by atoms with Gasteiger partial charge < -0.3 is 25.3 Å². The largest absolute Gasteiger partial charge is 0.493 e. The number of carbonyl (C=O) groups is 1. The molecule has 6 heteroatoms. The number of amides is 1. The van der Waals surface area contributed by atoms with Crippen molar-refractivity contribution in [2.24, 2.45) is 5.73 Å². The first-order valence-corrected chi connectivity index (χ1v) is 7.90. The van der Waals surface area contributed by atoms with Crippen molar-refractivity contribution in [3.8, 4) is 17.2 Å². The van der Waals surface area contributed by atoms with Gasteiger partial charge in [-0.25, -0.2) is 0 Å². The van der Waals surface area contributed by atoms with Gasteiger partial charge in [0.25, 0.3) is 5.91 Å². The van der Waals surface area contributed by atoms with Crippen LogP contribution in [0.1, 0.15) is 42.5 Å². The summed E-state index contributed by atoms with van der Waals surface area (Å²) in [6, 6.07) is 3.36. The van der Waals surface area contributed by atoms with E-state index in [2.05, 4.69) is 5.32 Å². The van der Waals surface area contributed by atoms with Gasteiger partial charge in [-0.1, -0.05) is 19.3 Å². The quantitative estimate of drug-likeness (QED) is 0.838. The normalized spacial score (nSPS) is 16.5. The molecule has 1 fully saturated rings. The van der Waals surface area contributed by atoms with Crippen LogP contribution < -0.4 is 25.3 Å². The highest BCUT2D eigenvalue weighted by Crippen LogP contribution is 2.39. The Hall–Kier alpha value is -1.95. The van der Waals surface area contributed by atoms with Gasteiger partial charge in [0.2, 0.25) is 5.75 Å². The second kappa shape index (κ2) is 7.55. The van der Waals surface area contributed by atoms with Crippen LogP contribution in [0.25, 0.3) is 0 Å². The van der Waals surface area contributed by atoms with Crippen LogP contribution in [-0.4, -0.2) is 39.3 Å². The fourth-order valence-corrected chi connectivity index (χ4v) is 3.06. The number of hydrogen-bond acceptors (Lipinski definition) is 5. The maximum absolute atomic E-state index is 12.5. The summed E-state index contributed by atoms with van der Waals surface area (Å²) in [5.41, 5.74) is 6.47. The highest BCUT2D eigenvalue weighted by molar-refractivity contribution is 5.98. The highest BCUT2D eigenvalue weighted by atomic mass is 16.5. The number of nitrogens with two attached hydrogens (primary N) is 1. The van der Waals surface area contributed by atoms with Crippen molar-refractivity contribution in [1.29, 1.82) is 0 Å². The second-order valence-electron chi connectivity index (χ2n) is 5.99. The lowest BCUT2D eigenvalue weighted by Gasteiger charge is -2.33. The summed E-state index contributed by atoms with van der Waals surface area (Å²) < 4.78 is 15.9. The van der Waals surface area contributed by atoms with Gasteiger partial charge in [0.1, 0.15) is 0 Å². The van der Waals surface area contributed by atoms with Crippen molar-refractivity contribution < 1.29 is 19.0 Å². The predicted molar refractivity (Wildman–Crippen MR) is 88.4 cm³/mol. The highest BCUT2D eigenvalue weighted by Gasteiger charge is 2.29. The number of ether oxygens (including phenoxy) is 3. The Balaban J connectivity index is 2.15. The standard InChI is InChI=1S/C17H26N2O4/c1-21-13-8-7-12(14(22-2)15(13)23-3)16(20)19-11-17(18)9-5-4-6-10-17/h7-8H,4-6,9-11,18H2,1-3H3,(H,19,20). The van der Waals surface area contributed by atoms with Crippen LogP contribution in [-0.2, 0) is 0 Å². The molecule has 2 rings (SSSR count). The Morgan fingerprint density at radius 3 is 2.30 bits per heavy atom. The summed E-state index contributed by atoms with van der Waals surface area (Å²) in [6.45, 7) is 0.462. The van der Waals surface area contributed by atoms with Crippen molar-refractivity contribution in [2.45, 2.75) is 37.6 Å². The van der Waals surface area contributed by atoms with Gasteiger partial charge in [0.05, 0.1) is 26.9 Å². The van der Waals surface area contributed by atoms with Gasteiger partial charge in [-0.05, 0) is 25.0 Å². The molecule has 0 heterocycles. The molecular formula is C17H26N2O4. The van der Waals surface area contributed by atoms with E-state index in [-0.39, 0.29) is 11.4 Å². The minimum Gasteiger partial charge on any atom is -0.493 e. The van der Waals surface area contributed by atoms with E-state index in [0.717, 1.165) is 25.7 Å². The zero-order chi connectivity index (χ0) is 16.9. The van der Waals surface area contributed by atoms with Crippen LogP contribution in [0.15, 0.2) is 12.1 Å². The second-order valence-corrected chi connectivity index (χ2v) is 5.99. The third-order valence-electron chi connectivity index (χ3n) is 4.40. The molecule has 23 heavy (non-hydrogen) atoms. The molecule has 1 amide bonds. The van der Waals surface area contributed by atoms with Crippen molar-refractivity contribution in [3.05, 3.63) is 17.7 Å². The van der Waals surface area contributed by atoms with Crippen molar-refractivity contribution in [2.75, 3.05) is 27.9 Å². The number of rotatable bonds is 6. The maximum atomic E-state index is 12.5. The summed E-state index contributed by atoms with van der Waals surface area (Å²) in [7, 11) is 4.55. The number of benzene rings is 1. The molecule has 128 valence electrons. The van der Waals surface area contributed by atoms with Crippen LogP contribution >= 0.6 is 0 Å². The molecule has 0 radical (unpaired) electrons. The SMILES string of the molecule is COc1ccc(C(=O)NCC2(N)CCCCC2)c(OC)c1OC. The van der Waals surface area contributed by atoms with E-state index in [1.165, 1.54) is 27.8 Å². The van der Waals surface area contributed by atoms with Crippen LogP contribution in [0.5, 0.6) is 17.2 Å². The molecular weight excluding hydrogens is 296 g/mol. The van der Waals surface area contributed by atoms with Gasteiger partial charge in [-0.3, -0.25) is 4.79 Å². The molecule has 1 aliphatic rings. The summed E-state index contributed by atoms with van der Waals surface area (Å²) in [5.74, 6) is 1.06. The lowest BCUT2D eigenvalue weighted by atomic mass is 9.82. The summed E-state index contributed by atoms with van der Waals surface area (Å²) in [6.07, 6.45) is 5.33. The Labute approximate surface area is 137 Å². The van der Waals surface area contributed by atoms with Crippen molar-refractivity contribution >= 4 is 5.91 Å². The first-order valence-electron chi connectivity index (χ1n) is 7.90. The molecule has 0 saturated heterocycles. The van der Waals surface area contributed by atoms with Crippen LogP contribution in [0.2, 0.25) is 0 Å². The van der Waals surface area contributed by atoms with E-state index in [1.807, 2.05) is 0 Å². The van der Waals surface area contributed by atoms with E-state index in [9.17, 15) is 4.79 Å². The number of hydrogen-bond donors (Lipinski definition) is 2. The van der Waals surface area contributed by atoms with Gasteiger partial charge in [-0.15, -0.1) is 0 Å². The third-order valence-corrected chi connectivity index (χ3v) is 4.40. The lowest BCUT2D eigenvalue weighted by Crippen LogP contribution is -2.51. The summed E-state index contributed by atoms with van der Waals surface area (Å²) >= 11 is 0. The van der Waals surface area contributed by atoms with Gasteiger partial charge in [0, 0.05) is 12.1 Å². The minimum atomic E-state index is -0.308. The average Bonchev–Trinajstić information content (AvgIpc) is 2.58. The first-order chi connectivity index (χ1) is 11.0. The molecule has 0 aliphatic heterocycles. The molecule has 0 bridgehead atoms. The van der Waals surface area contributed by atoms with Crippen molar-refractivity contribution in [3.63, 3.8) is 0 Å². The van der Waals surface area contributed by atoms with Gasteiger partial charge in [0.15, 0.2) is 11.5 Å². The molecule has 0 aromatic heterocycles. The van der Waals surface area contributed by atoms with Crippen LogP contribution in [0.3, 0.4) is 0 Å². The monoisotopic (exact) mass is 322 g/mol. The Morgan fingerprint density at radius 2 is 1.74 bits per heavy atom. The Morgan fingerprint density at radius 1 is 1.09 bits per heavy atom. The molecule has 0 spiro atoms. The van der Waals surface area contributed by atoms with E-state index in [1.54, 1.807) is 12.1 Å². The fourth-order valence-electron chi connectivity index (χ4n) is 3.06. The zero-order valence-electron chi connectivity index (χ0n) is 14.1. The van der Waals surface area contributed by atoms with Gasteiger partial charge in [-0.2, -0.15) is 0 Å². The van der Waals surface area contributed by atoms with E-state index in [0.29, 0.717) is 29.4 Å². The van der Waals surface area contributed by atoms with Gasteiger partial charge >= 0.3 is 0 Å². The predicted octanol–water partition coefficient (Wildman–Crippen LogP) is 2.10. The van der Waals surface area contributed by atoms with E-state index < -0.39 is 0 Å². The molecule has 1 aromatic rings. The van der Waals surface area contributed by atoms with Crippen molar-refractivity contribution in [1.82, 2.24) is 5.32 Å². The summed E-state index contributed by atoms with van der Waals surface area (Å²) in [5, 5.41) is 2.93. The maximum Gasteiger partial charge on any atom is 0.255 e. The lowest BCUT2D eigenvalue weighted by molar-refractivity contribution is 0.0934. The number of carbonyl (C=O) groups excluding carboxylic acids is 1. The fraction of sp³-hybridized carbons (Fsp3) is 0.588. The Bertz CT molecular complexity index is 554. The molecule has 0 unspecified atom stereocenters. The molecule has 6 nitrogen and oxygen atoms in total. The Kier molecular flexibility index (Phi) is 5.71. The smallest absolute Gasteiger partial charge is 0.255 e. The van der Waals surface area contributed by atoms with E-state index >= 15 is 0 Å². The molecule has 1 saturated carbocycles. The average molecular weight is 322 g/mol. The third kappa shape index (κ3) is 3.88. The summed E-state index contributed by atoms with van der Waals surface area (Å²) in [4.78, 5) is 12.5. The minimum absolute atomic E-state index is 0.224. The molecule has 0 atom stereocenters. The molecule has 1 aromatic carbocycles. The van der Waals surface area contributed by atoms with E-state index in [4.69, 9.17) is 19.9 Å². The number of nitrogens with one attached hydrogen (secondary N) is 1. The van der Waals surface area contributed by atoms with Crippen LogP contribution in [0, 0.1) is 0 Å². The number of methoxy groups -OCH3 is 3. The van der Waals surface area contributed by atoms with Crippen LogP contribution in [0.4, 0.5) is 0 Å². The molecule has 1 aliphatic carbocycles.